The van der Waals surface area contributed by atoms with Crippen molar-refractivity contribution in [3.05, 3.63) is 6.42 Å². The zero-order chi connectivity index (χ0) is 5.82. The van der Waals surface area contributed by atoms with E-state index in [0.29, 0.717) is 0 Å². The summed E-state index contributed by atoms with van der Waals surface area (Å²) in [5.74, 6) is 0. The molecule has 0 N–H and O–H groups in total. The predicted octanol–water partition coefficient (Wildman–Crippen LogP) is 0.974. The average molecular weight is 115 g/mol. The molecule has 1 rings (SSSR count). The standard InChI is InChI=1S/C6H11O2/c1-7-6-4-2-3-5-8-6/h3,6H,2,4-5H2,1H3. The van der Waals surface area contributed by atoms with Crippen LogP contribution in [0, 0.1) is 6.42 Å². The second kappa shape index (κ2) is 3.05. The normalized spacial score (nSPS) is 30.4. The summed E-state index contributed by atoms with van der Waals surface area (Å²) in [5.41, 5.74) is 0. The summed E-state index contributed by atoms with van der Waals surface area (Å²) in [6.45, 7) is 0.749. The van der Waals surface area contributed by atoms with E-state index in [4.69, 9.17) is 9.47 Å². The van der Waals surface area contributed by atoms with Crippen molar-refractivity contribution in [3.8, 4) is 0 Å². The molecule has 1 unspecified atom stereocenters. The van der Waals surface area contributed by atoms with Crippen LogP contribution in [0.4, 0.5) is 0 Å². The summed E-state index contributed by atoms with van der Waals surface area (Å²) in [6.07, 6.45) is 4.31. The summed E-state index contributed by atoms with van der Waals surface area (Å²) in [4.78, 5) is 0. The van der Waals surface area contributed by atoms with Gasteiger partial charge in [-0.3, -0.25) is 0 Å². The molecule has 1 atom stereocenters. The Morgan fingerprint density at radius 3 is 3.00 bits per heavy atom. The molecule has 1 radical (unpaired) electrons. The van der Waals surface area contributed by atoms with Gasteiger partial charge in [-0.25, -0.2) is 0 Å². The van der Waals surface area contributed by atoms with Crippen LogP contribution in [0.15, 0.2) is 0 Å². The average Bonchev–Trinajstić information content (AvgIpc) is 1.90. The van der Waals surface area contributed by atoms with Crippen molar-refractivity contribution in [1.29, 1.82) is 0 Å². The first-order valence-electron chi connectivity index (χ1n) is 2.89. The molecule has 0 aromatic rings. The van der Waals surface area contributed by atoms with Crippen molar-refractivity contribution in [2.75, 3.05) is 13.7 Å². The highest BCUT2D eigenvalue weighted by molar-refractivity contribution is 4.69. The molecule has 1 aliphatic rings. The van der Waals surface area contributed by atoms with Crippen molar-refractivity contribution in [2.24, 2.45) is 0 Å². The van der Waals surface area contributed by atoms with Crippen molar-refractivity contribution < 1.29 is 9.47 Å². The lowest BCUT2D eigenvalue weighted by Gasteiger charge is -2.19. The Morgan fingerprint density at radius 2 is 2.62 bits per heavy atom. The van der Waals surface area contributed by atoms with E-state index in [9.17, 15) is 0 Å². The first kappa shape index (κ1) is 6.05. The zero-order valence-corrected chi connectivity index (χ0v) is 5.09. The number of rotatable bonds is 1. The van der Waals surface area contributed by atoms with Crippen LogP contribution in [-0.4, -0.2) is 20.0 Å². The monoisotopic (exact) mass is 115 g/mol. The Kier molecular flexibility index (Phi) is 2.30. The Balaban J connectivity index is 2.13. The number of hydrogen-bond donors (Lipinski definition) is 0. The van der Waals surface area contributed by atoms with Crippen molar-refractivity contribution in [3.63, 3.8) is 0 Å². The van der Waals surface area contributed by atoms with Crippen molar-refractivity contribution in [1.82, 2.24) is 0 Å². The molecule has 0 spiro atoms. The molecule has 0 saturated carbocycles. The van der Waals surface area contributed by atoms with Gasteiger partial charge < -0.3 is 9.47 Å². The van der Waals surface area contributed by atoms with E-state index in [1.54, 1.807) is 7.11 Å². The number of hydrogen-bond acceptors (Lipinski definition) is 2. The number of methoxy groups -OCH3 is 1. The summed E-state index contributed by atoms with van der Waals surface area (Å²) < 4.78 is 10.1. The molecule has 2 nitrogen and oxygen atoms in total. The zero-order valence-electron chi connectivity index (χ0n) is 5.09. The van der Waals surface area contributed by atoms with Gasteiger partial charge in [0.2, 0.25) is 0 Å². The predicted molar refractivity (Wildman–Crippen MR) is 30.3 cm³/mol. The second-order valence-electron chi connectivity index (χ2n) is 1.86. The molecule has 1 saturated heterocycles. The fourth-order valence-electron chi connectivity index (χ4n) is 0.782. The van der Waals surface area contributed by atoms with Crippen LogP contribution in [0.1, 0.15) is 12.8 Å². The lowest BCUT2D eigenvalue weighted by Crippen LogP contribution is -2.20. The summed E-state index contributed by atoms with van der Waals surface area (Å²) in [5, 5.41) is 0. The lowest BCUT2D eigenvalue weighted by atomic mass is 10.2. The van der Waals surface area contributed by atoms with E-state index < -0.39 is 0 Å². The first-order valence-corrected chi connectivity index (χ1v) is 2.89. The fraction of sp³-hybridized carbons (Fsp3) is 0.833. The van der Waals surface area contributed by atoms with Gasteiger partial charge in [-0.15, -0.1) is 0 Å². The van der Waals surface area contributed by atoms with Crippen LogP contribution >= 0.6 is 0 Å². The van der Waals surface area contributed by atoms with Crippen molar-refractivity contribution in [2.45, 2.75) is 19.1 Å². The summed E-state index contributed by atoms with van der Waals surface area (Å²) >= 11 is 0. The Labute approximate surface area is 49.8 Å². The highest BCUT2D eigenvalue weighted by Crippen LogP contribution is 2.11. The maximum Gasteiger partial charge on any atom is 0.157 e. The molecular formula is C6H11O2. The quantitative estimate of drug-likeness (QED) is 0.507. The molecule has 0 aliphatic carbocycles. The topological polar surface area (TPSA) is 18.5 Å². The Hall–Kier alpha value is -0.0800. The molecule has 8 heavy (non-hydrogen) atoms. The largest absolute Gasteiger partial charge is 0.356 e. The van der Waals surface area contributed by atoms with Crippen LogP contribution in [0.5, 0.6) is 0 Å². The third kappa shape index (κ3) is 1.46. The molecule has 47 valence electrons. The van der Waals surface area contributed by atoms with E-state index in [1.165, 1.54) is 0 Å². The van der Waals surface area contributed by atoms with E-state index in [1.807, 2.05) is 0 Å². The lowest BCUT2D eigenvalue weighted by molar-refractivity contribution is -0.133. The molecule has 1 fully saturated rings. The van der Waals surface area contributed by atoms with Gasteiger partial charge in [-0.1, -0.05) is 0 Å². The SMILES string of the molecule is COC1CC[CH]CO1. The first-order chi connectivity index (χ1) is 3.93. The van der Waals surface area contributed by atoms with Crippen LogP contribution in [0.2, 0.25) is 0 Å². The van der Waals surface area contributed by atoms with Gasteiger partial charge in [0.05, 0.1) is 6.61 Å². The maximum absolute atomic E-state index is 5.15. The summed E-state index contributed by atoms with van der Waals surface area (Å²) in [7, 11) is 1.68. The maximum atomic E-state index is 5.15. The Morgan fingerprint density at radius 1 is 1.75 bits per heavy atom. The van der Waals surface area contributed by atoms with Gasteiger partial charge in [0.1, 0.15) is 0 Å². The van der Waals surface area contributed by atoms with Crippen LogP contribution in [0.3, 0.4) is 0 Å². The third-order valence-electron chi connectivity index (χ3n) is 1.27. The molecule has 0 aromatic carbocycles. The smallest absolute Gasteiger partial charge is 0.157 e. The highest BCUT2D eigenvalue weighted by atomic mass is 16.7. The van der Waals surface area contributed by atoms with Crippen LogP contribution in [0.25, 0.3) is 0 Å². The summed E-state index contributed by atoms with van der Waals surface area (Å²) in [6, 6.07) is 0. The van der Waals surface area contributed by atoms with E-state index >= 15 is 0 Å². The Bertz CT molecular complexity index is 57.5. The molecule has 0 aromatic heterocycles. The third-order valence-corrected chi connectivity index (χ3v) is 1.27. The van der Waals surface area contributed by atoms with Crippen molar-refractivity contribution >= 4 is 0 Å². The molecule has 0 bridgehead atoms. The van der Waals surface area contributed by atoms with Gasteiger partial charge in [-0.2, -0.15) is 0 Å². The van der Waals surface area contributed by atoms with Crippen LogP contribution < -0.4 is 0 Å². The molecular weight excluding hydrogens is 104 g/mol. The van der Waals surface area contributed by atoms with Gasteiger partial charge >= 0.3 is 0 Å². The minimum atomic E-state index is 0.0556. The molecule has 0 amide bonds. The van der Waals surface area contributed by atoms with Gasteiger partial charge in [0, 0.05) is 7.11 Å². The fourth-order valence-corrected chi connectivity index (χ4v) is 0.782. The van der Waals surface area contributed by atoms with Crippen LogP contribution in [-0.2, 0) is 9.47 Å². The van der Waals surface area contributed by atoms with Gasteiger partial charge in [0.15, 0.2) is 6.29 Å². The highest BCUT2D eigenvalue weighted by Gasteiger charge is 2.10. The molecule has 2 heteroatoms. The van der Waals surface area contributed by atoms with Gasteiger partial charge in [-0.05, 0) is 19.3 Å². The van der Waals surface area contributed by atoms with Gasteiger partial charge in [0.25, 0.3) is 0 Å². The van der Waals surface area contributed by atoms with E-state index in [0.717, 1.165) is 19.4 Å². The molecule has 1 aliphatic heterocycles. The number of ether oxygens (including phenoxy) is 2. The second-order valence-corrected chi connectivity index (χ2v) is 1.86. The van der Waals surface area contributed by atoms with E-state index in [-0.39, 0.29) is 6.29 Å². The van der Waals surface area contributed by atoms with E-state index in [2.05, 4.69) is 6.42 Å². The minimum Gasteiger partial charge on any atom is -0.356 e. The molecule has 1 heterocycles. The minimum absolute atomic E-state index is 0.0556.